The lowest BCUT2D eigenvalue weighted by molar-refractivity contribution is 0.0649. The fourth-order valence-electron chi connectivity index (χ4n) is 0.908. The highest BCUT2D eigenvalue weighted by atomic mass is 16.3. The molecule has 0 bridgehead atoms. The van der Waals surface area contributed by atoms with Crippen molar-refractivity contribution in [3.63, 3.8) is 0 Å². The zero-order valence-electron chi connectivity index (χ0n) is 7.93. The standard InChI is InChI=1S/C8H15N3O2/c1-8(2,13)3-4-11-5-7(6-12)9-10-11/h5,12-13H,3-4,6H2,1-2H3. The van der Waals surface area contributed by atoms with Crippen LogP contribution in [-0.2, 0) is 13.2 Å². The minimum atomic E-state index is -0.689. The van der Waals surface area contributed by atoms with Crippen molar-refractivity contribution in [3.8, 4) is 0 Å². The molecule has 1 aromatic heterocycles. The molecular formula is C8H15N3O2. The molecule has 2 N–H and O–H groups in total. The number of hydrogen-bond donors (Lipinski definition) is 2. The molecule has 0 radical (unpaired) electrons. The summed E-state index contributed by atoms with van der Waals surface area (Å²) in [4.78, 5) is 0. The molecule has 1 rings (SSSR count). The van der Waals surface area contributed by atoms with Crippen LogP contribution >= 0.6 is 0 Å². The van der Waals surface area contributed by atoms with Crippen LogP contribution in [0.3, 0.4) is 0 Å². The van der Waals surface area contributed by atoms with Gasteiger partial charge >= 0.3 is 0 Å². The summed E-state index contributed by atoms with van der Waals surface area (Å²) in [6.07, 6.45) is 2.28. The average Bonchev–Trinajstić information content (AvgIpc) is 2.47. The largest absolute Gasteiger partial charge is 0.390 e. The quantitative estimate of drug-likeness (QED) is 0.689. The van der Waals surface area contributed by atoms with Crippen molar-refractivity contribution >= 4 is 0 Å². The second kappa shape index (κ2) is 3.85. The second-order valence-corrected chi connectivity index (χ2v) is 3.69. The maximum Gasteiger partial charge on any atom is 0.108 e. The van der Waals surface area contributed by atoms with Crippen LogP contribution in [0.25, 0.3) is 0 Å². The van der Waals surface area contributed by atoms with E-state index in [1.54, 1.807) is 24.7 Å². The van der Waals surface area contributed by atoms with E-state index in [2.05, 4.69) is 10.3 Å². The summed E-state index contributed by atoms with van der Waals surface area (Å²) in [7, 11) is 0. The first-order chi connectivity index (χ1) is 6.01. The number of aliphatic hydroxyl groups is 2. The third-order valence-corrected chi connectivity index (χ3v) is 1.70. The molecule has 0 unspecified atom stereocenters. The monoisotopic (exact) mass is 185 g/mol. The molecule has 13 heavy (non-hydrogen) atoms. The molecule has 0 saturated carbocycles. The maximum atomic E-state index is 9.43. The van der Waals surface area contributed by atoms with Crippen LogP contribution in [0.2, 0.25) is 0 Å². The lowest BCUT2D eigenvalue weighted by Gasteiger charge is -2.15. The third-order valence-electron chi connectivity index (χ3n) is 1.70. The van der Waals surface area contributed by atoms with Gasteiger partial charge in [-0.05, 0) is 20.3 Å². The first-order valence-electron chi connectivity index (χ1n) is 4.23. The van der Waals surface area contributed by atoms with Crippen molar-refractivity contribution in [2.75, 3.05) is 0 Å². The van der Waals surface area contributed by atoms with Crippen molar-refractivity contribution in [2.45, 2.75) is 39.0 Å². The van der Waals surface area contributed by atoms with Crippen LogP contribution in [0.4, 0.5) is 0 Å². The van der Waals surface area contributed by atoms with E-state index in [1.807, 2.05) is 0 Å². The number of aryl methyl sites for hydroxylation is 1. The summed E-state index contributed by atoms with van der Waals surface area (Å²) in [6, 6.07) is 0. The normalized spacial score (nSPS) is 12.0. The van der Waals surface area contributed by atoms with Crippen LogP contribution in [0.1, 0.15) is 26.0 Å². The van der Waals surface area contributed by atoms with E-state index < -0.39 is 5.60 Å². The smallest absolute Gasteiger partial charge is 0.108 e. The fourth-order valence-corrected chi connectivity index (χ4v) is 0.908. The Morgan fingerprint density at radius 1 is 1.54 bits per heavy atom. The minimum absolute atomic E-state index is 0.0947. The Labute approximate surface area is 77.0 Å². The van der Waals surface area contributed by atoms with Gasteiger partial charge in [0.1, 0.15) is 5.69 Å². The summed E-state index contributed by atoms with van der Waals surface area (Å²) in [5.41, 5.74) is -0.138. The van der Waals surface area contributed by atoms with E-state index in [4.69, 9.17) is 5.11 Å². The molecule has 1 aromatic rings. The highest BCUT2D eigenvalue weighted by Gasteiger charge is 2.12. The summed E-state index contributed by atoms with van der Waals surface area (Å²) < 4.78 is 1.61. The van der Waals surface area contributed by atoms with E-state index in [0.717, 1.165) is 0 Å². The highest BCUT2D eigenvalue weighted by Crippen LogP contribution is 2.08. The van der Waals surface area contributed by atoms with Gasteiger partial charge < -0.3 is 10.2 Å². The molecular weight excluding hydrogens is 170 g/mol. The van der Waals surface area contributed by atoms with Crippen molar-refractivity contribution in [1.82, 2.24) is 15.0 Å². The first kappa shape index (κ1) is 10.1. The fraction of sp³-hybridized carbons (Fsp3) is 0.750. The number of aromatic nitrogens is 3. The van der Waals surface area contributed by atoms with Gasteiger partial charge in [-0.1, -0.05) is 5.21 Å². The predicted molar refractivity (Wildman–Crippen MR) is 46.9 cm³/mol. The summed E-state index contributed by atoms with van der Waals surface area (Å²) in [6.45, 7) is 4.01. The van der Waals surface area contributed by atoms with Crippen LogP contribution < -0.4 is 0 Å². The molecule has 0 aliphatic carbocycles. The van der Waals surface area contributed by atoms with E-state index in [0.29, 0.717) is 18.7 Å². The Kier molecular flexibility index (Phi) is 3.00. The molecule has 74 valence electrons. The Hall–Kier alpha value is -0.940. The van der Waals surface area contributed by atoms with Crippen LogP contribution in [-0.4, -0.2) is 30.8 Å². The molecule has 1 heterocycles. The predicted octanol–water partition coefficient (Wildman–Crippen LogP) is -0.0686. The van der Waals surface area contributed by atoms with Gasteiger partial charge in [-0.3, -0.25) is 4.68 Å². The molecule has 0 atom stereocenters. The Morgan fingerprint density at radius 3 is 2.69 bits per heavy atom. The zero-order valence-corrected chi connectivity index (χ0v) is 7.93. The topological polar surface area (TPSA) is 71.2 Å². The Bertz CT molecular complexity index is 265. The van der Waals surface area contributed by atoms with Gasteiger partial charge in [0.25, 0.3) is 0 Å². The number of hydrogen-bond acceptors (Lipinski definition) is 4. The van der Waals surface area contributed by atoms with Gasteiger partial charge in [0.05, 0.1) is 18.4 Å². The number of rotatable bonds is 4. The Morgan fingerprint density at radius 2 is 2.23 bits per heavy atom. The summed E-state index contributed by atoms with van der Waals surface area (Å²) >= 11 is 0. The zero-order chi connectivity index (χ0) is 9.90. The highest BCUT2D eigenvalue weighted by molar-refractivity contribution is 4.88. The lowest BCUT2D eigenvalue weighted by Crippen LogP contribution is -2.21. The van der Waals surface area contributed by atoms with E-state index in [1.165, 1.54) is 0 Å². The van der Waals surface area contributed by atoms with E-state index >= 15 is 0 Å². The molecule has 0 saturated heterocycles. The minimum Gasteiger partial charge on any atom is -0.390 e. The molecule has 5 heteroatoms. The number of nitrogens with zero attached hydrogens (tertiary/aromatic N) is 3. The van der Waals surface area contributed by atoms with Crippen molar-refractivity contribution in [2.24, 2.45) is 0 Å². The summed E-state index contributed by atoms with van der Waals surface area (Å²) in [5.74, 6) is 0. The van der Waals surface area contributed by atoms with Crippen molar-refractivity contribution < 1.29 is 10.2 Å². The third kappa shape index (κ3) is 3.52. The summed E-state index contributed by atoms with van der Waals surface area (Å²) in [5, 5.41) is 25.6. The van der Waals surface area contributed by atoms with Crippen molar-refractivity contribution in [1.29, 1.82) is 0 Å². The van der Waals surface area contributed by atoms with Crippen LogP contribution in [0, 0.1) is 0 Å². The molecule has 0 aliphatic heterocycles. The average molecular weight is 185 g/mol. The second-order valence-electron chi connectivity index (χ2n) is 3.69. The van der Waals surface area contributed by atoms with Gasteiger partial charge in [0.2, 0.25) is 0 Å². The number of aliphatic hydroxyl groups excluding tert-OH is 1. The van der Waals surface area contributed by atoms with Crippen LogP contribution in [0.5, 0.6) is 0 Å². The van der Waals surface area contributed by atoms with Crippen LogP contribution in [0.15, 0.2) is 6.20 Å². The van der Waals surface area contributed by atoms with E-state index in [9.17, 15) is 5.11 Å². The van der Waals surface area contributed by atoms with Crippen molar-refractivity contribution in [3.05, 3.63) is 11.9 Å². The van der Waals surface area contributed by atoms with Gasteiger partial charge in [-0.2, -0.15) is 0 Å². The Balaban J connectivity index is 2.46. The molecule has 5 nitrogen and oxygen atoms in total. The molecule has 0 fully saturated rings. The molecule has 0 spiro atoms. The van der Waals surface area contributed by atoms with Gasteiger partial charge in [0.15, 0.2) is 0 Å². The molecule has 0 amide bonds. The van der Waals surface area contributed by atoms with Gasteiger partial charge in [-0.15, -0.1) is 5.10 Å². The lowest BCUT2D eigenvalue weighted by atomic mass is 10.1. The van der Waals surface area contributed by atoms with E-state index in [-0.39, 0.29) is 6.61 Å². The first-order valence-corrected chi connectivity index (χ1v) is 4.23. The SMILES string of the molecule is CC(C)(O)CCn1cc(CO)nn1. The maximum absolute atomic E-state index is 9.43. The molecule has 0 aromatic carbocycles. The molecule has 0 aliphatic rings. The van der Waals surface area contributed by atoms with Gasteiger partial charge in [-0.25, -0.2) is 0 Å². The van der Waals surface area contributed by atoms with Gasteiger partial charge in [0, 0.05) is 6.54 Å².